The van der Waals surface area contributed by atoms with Crippen LogP contribution in [0.2, 0.25) is 0 Å². The van der Waals surface area contributed by atoms with Gasteiger partial charge in [-0.15, -0.1) is 0 Å². The summed E-state index contributed by atoms with van der Waals surface area (Å²) in [5.74, 6) is 1.10. The van der Waals surface area contributed by atoms with Gasteiger partial charge in [0.1, 0.15) is 12.4 Å². The van der Waals surface area contributed by atoms with Crippen LogP contribution in [0.4, 0.5) is 0 Å². The highest BCUT2D eigenvalue weighted by Crippen LogP contribution is 2.33. The maximum Gasteiger partial charge on any atom is 0.226 e. The standard InChI is InChI=1S/C19H22N4O2/c1-23-17(7-9-21-23)18-15(8-10-24-18)11-20-12-16-13-25-19(22-16)14-5-3-2-4-6-14/h2-7,9,13,15,18,20H,8,10-12H2,1H3/t15-,18+/m0/s1. The Kier molecular flexibility index (Phi) is 4.63. The van der Waals surface area contributed by atoms with Gasteiger partial charge in [0.25, 0.3) is 0 Å². The van der Waals surface area contributed by atoms with Crippen molar-refractivity contribution >= 4 is 0 Å². The van der Waals surface area contributed by atoms with E-state index in [1.165, 1.54) is 0 Å². The fourth-order valence-electron chi connectivity index (χ4n) is 3.32. The Bertz CT molecular complexity index is 812. The minimum absolute atomic E-state index is 0.109. The molecule has 0 bridgehead atoms. The molecule has 3 aromatic rings. The third-order valence-corrected chi connectivity index (χ3v) is 4.65. The van der Waals surface area contributed by atoms with Gasteiger partial charge < -0.3 is 14.5 Å². The molecule has 0 radical (unpaired) electrons. The van der Waals surface area contributed by atoms with Gasteiger partial charge in [-0.1, -0.05) is 18.2 Å². The lowest BCUT2D eigenvalue weighted by Crippen LogP contribution is -2.25. The highest BCUT2D eigenvalue weighted by Gasteiger charge is 2.31. The molecule has 130 valence electrons. The number of benzene rings is 1. The summed E-state index contributed by atoms with van der Waals surface area (Å²) in [5, 5.41) is 7.74. The second kappa shape index (κ2) is 7.21. The molecule has 6 nitrogen and oxygen atoms in total. The Morgan fingerprint density at radius 3 is 2.92 bits per heavy atom. The molecule has 3 heterocycles. The lowest BCUT2D eigenvalue weighted by atomic mass is 9.99. The molecule has 1 aromatic carbocycles. The molecule has 0 saturated carbocycles. The summed E-state index contributed by atoms with van der Waals surface area (Å²) >= 11 is 0. The average molecular weight is 338 g/mol. The first-order chi connectivity index (χ1) is 12.3. The fraction of sp³-hybridized carbons (Fsp3) is 0.368. The van der Waals surface area contributed by atoms with Crippen LogP contribution in [0, 0.1) is 5.92 Å². The van der Waals surface area contributed by atoms with Gasteiger partial charge in [0.05, 0.1) is 11.4 Å². The molecule has 1 saturated heterocycles. The van der Waals surface area contributed by atoms with Gasteiger partial charge in [-0.3, -0.25) is 4.68 Å². The molecule has 0 amide bonds. The molecule has 0 aliphatic carbocycles. The van der Waals surface area contributed by atoms with Crippen molar-refractivity contribution in [2.75, 3.05) is 13.2 Å². The largest absolute Gasteiger partial charge is 0.444 e. The molecular weight excluding hydrogens is 316 g/mol. The summed E-state index contributed by atoms with van der Waals surface area (Å²) in [6.07, 6.45) is 4.70. The summed E-state index contributed by atoms with van der Waals surface area (Å²) in [6.45, 7) is 2.36. The van der Waals surface area contributed by atoms with Gasteiger partial charge in [0.2, 0.25) is 5.89 Å². The van der Waals surface area contributed by atoms with Crippen LogP contribution in [-0.2, 0) is 18.3 Å². The summed E-state index contributed by atoms with van der Waals surface area (Å²) in [6, 6.07) is 12.0. The fourth-order valence-corrected chi connectivity index (χ4v) is 3.32. The minimum atomic E-state index is 0.109. The third-order valence-electron chi connectivity index (χ3n) is 4.65. The molecule has 2 atom stereocenters. The monoisotopic (exact) mass is 338 g/mol. The molecule has 4 rings (SSSR count). The Balaban J connectivity index is 1.33. The number of rotatable bonds is 6. The molecule has 1 aliphatic rings. The smallest absolute Gasteiger partial charge is 0.226 e. The number of nitrogens with zero attached hydrogens (tertiary/aromatic N) is 3. The normalized spacial score (nSPS) is 20.2. The van der Waals surface area contributed by atoms with E-state index in [4.69, 9.17) is 9.15 Å². The van der Waals surface area contributed by atoms with Crippen molar-refractivity contribution in [3.05, 3.63) is 60.2 Å². The molecule has 1 aliphatic heterocycles. The number of aromatic nitrogens is 3. The first-order valence-electron chi connectivity index (χ1n) is 8.61. The van der Waals surface area contributed by atoms with Gasteiger partial charge in [0.15, 0.2) is 0 Å². The van der Waals surface area contributed by atoms with Crippen LogP contribution >= 0.6 is 0 Å². The van der Waals surface area contributed by atoms with Crippen LogP contribution < -0.4 is 5.32 Å². The average Bonchev–Trinajstić information content (AvgIpc) is 3.37. The molecule has 0 spiro atoms. The summed E-state index contributed by atoms with van der Waals surface area (Å²) in [4.78, 5) is 4.55. The Labute approximate surface area is 146 Å². The van der Waals surface area contributed by atoms with Gasteiger partial charge in [0, 0.05) is 44.4 Å². The van der Waals surface area contributed by atoms with Gasteiger partial charge in [-0.25, -0.2) is 4.98 Å². The zero-order chi connectivity index (χ0) is 17.1. The number of nitrogens with one attached hydrogen (secondary N) is 1. The quantitative estimate of drug-likeness (QED) is 0.748. The van der Waals surface area contributed by atoms with Crippen LogP contribution in [-0.4, -0.2) is 27.9 Å². The van der Waals surface area contributed by atoms with Crippen molar-refractivity contribution < 1.29 is 9.15 Å². The molecule has 1 fully saturated rings. The number of ether oxygens (including phenoxy) is 1. The van der Waals surface area contributed by atoms with Crippen molar-refractivity contribution in [3.63, 3.8) is 0 Å². The van der Waals surface area contributed by atoms with Crippen LogP contribution in [0.15, 0.2) is 53.3 Å². The van der Waals surface area contributed by atoms with Crippen molar-refractivity contribution in [1.29, 1.82) is 0 Å². The molecule has 2 aromatic heterocycles. The minimum Gasteiger partial charge on any atom is -0.444 e. The van der Waals surface area contributed by atoms with Crippen molar-refractivity contribution in [2.24, 2.45) is 13.0 Å². The Hall–Kier alpha value is -2.44. The molecule has 1 N–H and O–H groups in total. The van der Waals surface area contributed by atoms with E-state index in [2.05, 4.69) is 15.4 Å². The zero-order valence-corrected chi connectivity index (χ0v) is 14.3. The van der Waals surface area contributed by atoms with E-state index in [9.17, 15) is 0 Å². The molecule has 6 heteroatoms. The maximum absolute atomic E-state index is 5.92. The van der Waals surface area contributed by atoms with Crippen LogP contribution in [0.5, 0.6) is 0 Å². The number of hydrogen-bond donors (Lipinski definition) is 1. The van der Waals surface area contributed by atoms with Crippen molar-refractivity contribution in [3.8, 4) is 11.5 Å². The number of oxazole rings is 1. The third kappa shape index (κ3) is 3.50. The zero-order valence-electron chi connectivity index (χ0n) is 14.3. The highest BCUT2D eigenvalue weighted by atomic mass is 16.5. The molecular formula is C19H22N4O2. The first kappa shape index (κ1) is 16.1. The number of aryl methyl sites for hydroxylation is 1. The van der Waals surface area contributed by atoms with E-state index < -0.39 is 0 Å². The summed E-state index contributed by atoms with van der Waals surface area (Å²) in [5.41, 5.74) is 3.04. The summed E-state index contributed by atoms with van der Waals surface area (Å²) in [7, 11) is 1.96. The van der Waals surface area contributed by atoms with Gasteiger partial charge in [-0.2, -0.15) is 5.10 Å². The van der Waals surface area contributed by atoms with E-state index >= 15 is 0 Å². The highest BCUT2D eigenvalue weighted by molar-refractivity contribution is 5.52. The van der Waals surface area contributed by atoms with Crippen molar-refractivity contribution in [1.82, 2.24) is 20.1 Å². The van der Waals surface area contributed by atoms with Crippen LogP contribution in [0.1, 0.15) is 23.9 Å². The summed E-state index contributed by atoms with van der Waals surface area (Å²) < 4.78 is 13.4. The topological polar surface area (TPSA) is 65.1 Å². The predicted molar refractivity (Wildman–Crippen MR) is 93.7 cm³/mol. The van der Waals surface area contributed by atoms with Gasteiger partial charge >= 0.3 is 0 Å². The SMILES string of the molecule is Cn1nccc1[C@@H]1OCC[C@H]1CNCc1coc(-c2ccccc2)n1. The lowest BCUT2D eigenvalue weighted by molar-refractivity contribution is 0.0837. The second-order valence-electron chi connectivity index (χ2n) is 6.36. The molecule has 25 heavy (non-hydrogen) atoms. The van der Waals surface area contributed by atoms with E-state index in [1.807, 2.05) is 54.3 Å². The second-order valence-corrected chi connectivity index (χ2v) is 6.36. The van der Waals surface area contributed by atoms with E-state index in [-0.39, 0.29) is 6.10 Å². The first-order valence-corrected chi connectivity index (χ1v) is 8.61. The van der Waals surface area contributed by atoms with Crippen LogP contribution in [0.25, 0.3) is 11.5 Å². The lowest BCUT2D eigenvalue weighted by Gasteiger charge is -2.19. The predicted octanol–water partition coefficient (Wildman–Crippen LogP) is 2.94. The van der Waals surface area contributed by atoms with Gasteiger partial charge in [-0.05, 0) is 24.6 Å². The Morgan fingerprint density at radius 1 is 1.24 bits per heavy atom. The number of hydrogen-bond acceptors (Lipinski definition) is 5. The van der Waals surface area contributed by atoms with Crippen molar-refractivity contribution in [2.45, 2.75) is 19.1 Å². The molecule has 0 unspecified atom stereocenters. The maximum atomic E-state index is 5.92. The van der Waals surface area contributed by atoms with E-state index in [0.29, 0.717) is 18.4 Å². The van der Waals surface area contributed by atoms with Crippen LogP contribution in [0.3, 0.4) is 0 Å². The van der Waals surface area contributed by atoms with E-state index in [0.717, 1.165) is 36.5 Å². The van der Waals surface area contributed by atoms with E-state index in [1.54, 1.807) is 6.26 Å². The Morgan fingerprint density at radius 2 is 2.12 bits per heavy atom.